The van der Waals surface area contributed by atoms with Crippen molar-refractivity contribution in [2.75, 3.05) is 49.2 Å². The second-order valence-corrected chi connectivity index (χ2v) is 8.38. The Hall–Kier alpha value is -3.20. The predicted octanol–water partition coefficient (Wildman–Crippen LogP) is 1.66. The van der Waals surface area contributed by atoms with Gasteiger partial charge in [0.2, 0.25) is 17.8 Å². The Kier molecular flexibility index (Phi) is 5.89. The number of carbonyl (C=O) groups excluding carboxylic acids is 1. The van der Waals surface area contributed by atoms with Gasteiger partial charge in [-0.15, -0.1) is 0 Å². The minimum Gasteiger partial charge on any atom is -0.378 e. The molecule has 5 rings (SSSR count). The molecule has 0 spiro atoms. The number of carbonyl (C=O) groups is 1. The highest BCUT2D eigenvalue weighted by atomic mass is 16.5. The Labute approximate surface area is 187 Å². The van der Waals surface area contributed by atoms with Crippen LogP contribution in [-0.4, -0.2) is 64.8 Å². The van der Waals surface area contributed by atoms with Crippen molar-refractivity contribution >= 4 is 28.7 Å². The first-order chi connectivity index (χ1) is 15.7. The highest BCUT2D eigenvalue weighted by Crippen LogP contribution is 2.21. The predicted molar refractivity (Wildman–Crippen MR) is 123 cm³/mol. The molecular formula is C23H29N7O2. The van der Waals surface area contributed by atoms with E-state index < -0.39 is 0 Å². The number of fused-ring (bicyclic) bond motifs is 1. The standard InChI is InChI=1S/C23H29N7O2/c1-28-16-17(18-6-2-3-7-19(18)28)14-21(31)24-15-20-25-22(29-8-4-5-9-29)27-23(26-20)30-10-12-32-13-11-30/h2-3,6-7,16H,4-5,8-15H2,1H3,(H,24,31). The molecular weight excluding hydrogens is 406 g/mol. The molecule has 32 heavy (non-hydrogen) atoms. The fraction of sp³-hybridized carbons (Fsp3) is 0.478. The van der Waals surface area contributed by atoms with Crippen molar-refractivity contribution < 1.29 is 9.53 Å². The Morgan fingerprint density at radius 1 is 1.00 bits per heavy atom. The molecule has 2 aliphatic heterocycles. The molecule has 168 valence electrons. The lowest BCUT2D eigenvalue weighted by atomic mass is 10.1. The Bertz CT molecular complexity index is 1100. The number of ether oxygens (including phenoxy) is 1. The third-order valence-corrected chi connectivity index (χ3v) is 6.12. The van der Waals surface area contributed by atoms with E-state index in [4.69, 9.17) is 9.72 Å². The van der Waals surface area contributed by atoms with Gasteiger partial charge in [-0.25, -0.2) is 0 Å². The number of anilines is 2. The zero-order valence-electron chi connectivity index (χ0n) is 18.5. The summed E-state index contributed by atoms with van der Waals surface area (Å²) in [6, 6.07) is 8.13. The summed E-state index contributed by atoms with van der Waals surface area (Å²) in [7, 11) is 2.00. The van der Waals surface area contributed by atoms with Gasteiger partial charge in [0.1, 0.15) is 0 Å². The molecule has 2 aliphatic rings. The van der Waals surface area contributed by atoms with Crippen LogP contribution in [0.15, 0.2) is 30.5 Å². The number of hydrogen-bond acceptors (Lipinski definition) is 7. The smallest absolute Gasteiger partial charge is 0.230 e. The average Bonchev–Trinajstić information content (AvgIpc) is 3.47. The summed E-state index contributed by atoms with van der Waals surface area (Å²) < 4.78 is 7.52. The summed E-state index contributed by atoms with van der Waals surface area (Å²) in [6.07, 6.45) is 4.64. The van der Waals surface area contributed by atoms with E-state index in [1.165, 1.54) is 0 Å². The van der Waals surface area contributed by atoms with Crippen molar-refractivity contribution in [3.05, 3.63) is 41.9 Å². The van der Waals surface area contributed by atoms with Crippen molar-refractivity contribution in [2.45, 2.75) is 25.8 Å². The van der Waals surface area contributed by atoms with E-state index in [1.807, 2.05) is 25.4 Å². The number of nitrogens with one attached hydrogen (secondary N) is 1. The van der Waals surface area contributed by atoms with E-state index in [2.05, 4.69) is 41.8 Å². The number of hydrogen-bond donors (Lipinski definition) is 1. The normalized spacial score (nSPS) is 16.7. The van der Waals surface area contributed by atoms with Crippen LogP contribution in [0.5, 0.6) is 0 Å². The molecule has 1 aromatic carbocycles. The van der Waals surface area contributed by atoms with E-state index in [-0.39, 0.29) is 12.5 Å². The lowest BCUT2D eigenvalue weighted by Gasteiger charge is -2.28. The molecule has 0 saturated carbocycles. The maximum atomic E-state index is 12.7. The quantitative estimate of drug-likeness (QED) is 0.630. The summed E-state index contributed by atoms with van der Waals surface area (Å²) in [6.45, 7) is 5.06. The Morgan fingerprint density at radius 3 is 2.44 bits per heavy atom. The topological polar surface area (TPSA) is 88.4 Å². The van der Waals surface area contributed by atoms with Gasteiger partial charge in [0.05, 0.1) is 26.2 Å². The zero-order valence-corrected chi connectivity index (χ0v) is 18.5. The van der Waals surface area contributed by atoms with Crippen molar-refractivity contribution in [3.8, 4) is 0 Å². The minimum atomic E-state index is -0.0441. The van der Waals surface area contributed by atoms with Crippen molar-refractivity contribution in [2.24, 2.45) is 7.05 Å². The molecule has 3 aromatic rings. The summed E-state index contributed by atoms with van der Waals surface area (Å²) >= 11 is 0. The molecule has 0 bridgehead atoms. The van der Waals surface area contributed by atoms with Gasteiger partial charge >= 0.3 is 0 Å². The van der Waals surface area contributed by atoms with Crippen LogP contribution in [0.3, 0.4) is 0 Å². The number of morpholine rings is 1. The number of benzene rings is 1. The largest absolute Gasteiger partial charge is 0.378 e. The second-order valence-electron chi connectivity index (χ2n) is 8.38. The lowest BCUT2D eigenvalue weighted by molar-refractivity contribution is -0.120. The first-order valence-electron chi connectivity index (χ1n) is 11.3. The lowest BCUT2D eigenvalue weighted by Crippen LogP contribution is -2.38. The van der Waals surface area contributed by atoms with Gasteiger partial charge in [0.15, 0.2) is 5.82 Å². The molecule has 0 atom stereocenters. The maximum Gasteiger partial charge on any atom is 0.230 e. The van der Waals surface area contributed by atoms with Crippen LogP contribution in [0.1, 0.15) is 24.2 Å². The SMILES string of the molecule is Cn1cc(CC(=O)NCc2nc(N3CCCC3)nc(N3CCOCC3)n2)c2ccccc21. The molecule has 0 aliphatic carbocycles. The Morgan fingerprint density at radius 2 is 1.69 bits per heavy atom. The molecule has 2 fully saturated rings. The van der Waals surface area contributed by atoms with Crippen LogP contribution in [0, 0.1) is 0 Å². The third-order valence-electron chi connectivity index (χ3n) is 6.12. The monoisotopic (exact) mass is 435 g/mol. The van der Waals surface area contributed by atoms with E-state index in [9.17, 15) is 4.79 Å². The van der Waals surface area contributed by atoms with Gasteiger partial charge in [-0.2, -0.15) is 15.0 Å². The summed E-state index contributed by atoms with van der Waals surface area (Å²) in [5, 5.41) is 4.11. The highest BCUT2D eigenvalue weighted by Gasteiger charge is 2.21. The van der Waals surface area contributed by atoms with Crippen LogP contribution in [0.2, 0.25) is 0 Å². The van der Waals surface area contributed by atoms with Crippen LogP contribution in [-0.2, 0) is 29.5 Å². The molecule has 0 unspecified atom stereocenters. The maximum absolute atomic E-state index is 12.7. The summed E-state index contributed by atoms with van der Waals surface area (Å²) in [5.41, 5.74) is 2.14. The van der Waals surface area contributed by atoms with Crippen molar-refractivity contribution in [3.63, 3.8) is 0 Å². The van der Waals surface area contributed by atoms with Crippen molar-refractivity contribution in [1.82, 2.24) is 24.8 Å². The molecule has 9 nitrogen and oxygen atoms in total. The fourth-order valence-corrected chi connectivity index (χ4v) is 4.42. The van der Waals surface area contributed by atoms with E-state index in [0.29, 0.717) is 37.4 Å². The van der Waals surface area contributed by atoms with Crippen LogP contribution in [0.4, 0.5) is 11.9 Å². The van der Waals surface area contributed by atoms with Crippen LogP contribution < -0.4 is 15.1 Å². The summed E-state index contributed by atoms with van der Waals surface area (Å²) in [4.78, 5) is 31.1. The number of amides is 1. The van der Waals surface area contributed by atoms with Crippen LogP contribution in [0.25, 0.3) is 10.9 Å². The second kappa shape index (κ2) is 9.12. The molecule has 9 heteroatoms. The zero-order chi connectivity index (χ0) is 21.9. The van der Waals surface area contributed by atoms with E-state index in [0.717, 1.165) is 55.5 Å². The molecule has 2 saturated heterocycles. The molecule has 0 radical (unpaired) electrons. The third kappa shape index (κ3) is 4.38. The minimum absolute atomic E-state index is 0.0441. The number of nitrogens with zero attached hydrogens (tertiary/aromatic N) is 6. The number of para-hydroxylation sites is 1. The van der Waals surface area contributed by atoms with Gasteiger partial charge in [-0.1, -0.05) is 18.2 Å². The van der Waals surface area contributed by atoms with Gasteiger partial charge in [0, 0.05) is 50.3 Å². The van der Waals surface area contributed by atoms with Gasteiger partial charge in [0.25, 0.3) is 0 Å². The van der Waals surface area contributed by atoms with Crippen LogP contribution >= 0.6 is 0 Å². The van der Waals surface area contributed by atoms with Gasteiger partial charge in [-0.05, 0) is 24.5 Å². The van der Waals surface area contributed by atoms with Gasteiger partial charge in [-0.3, -0.25) is 4.79 Å². The number of rotatable bonds is 6. The summed E-state index contributed by atoms with van der Waals surface area (Å²) in [5.74, 6) is 1.92. The molecule has 4 heterocycles. The number of aromatic nitrogens is 4. The first-order valence-corrected chi connectivity index (χ1v) is 11.3. The van der Waals surface area contributed by atoms with Crippen molar-refractivity contribution in [1.29, 1.82) is 0 Å². The highest BCUT2D eigenvalue weighted by molar-refractivity contribution is 5.89. The fourth-order valence-electron chi connectivity index (χ4n) is 4.42. The van der Waals surface area contributed by atoms with E-state index in [1.54, 1.807) is 0 Å². The van der Waals surface area contributed by atoms with Gasteiger partial charge < -0.3 is 24.4 Å². The molecule has 2 aromatic heterocycles. The molecule has 1 amide bonds. The number of aryl methyl sites for hydroxylation is 1. The average molecular weight is 436 g/mol. The first kappa shape index (κ1) is 20.7. The van der Waals surface area contributed by atoms with E-state index >= 15 is 0 Å². The molecule has 1 N–H and O–H groups in total. The Balaban J connectivity index is 1.31.